The Balaban J connectivity index is 3.52. The van der Waals surface area contributed by atoms with Gasteiger partial charge in [-0.3, -0.25) is 4.79 Å². The molecule has 0 aliphatic heterocycles. The molecule has 0 saturated heterocycles. The average Bonchev–Trinajstić information content (AvgIpc) is 1.98. The Hall–Kier alpha value is -0.570. The van der Waals surface area contributed by atoms with E-state index >= 15 is 0 Å². The van der Waals surface area contributed by atoms with Crippen LogP contribution in [0.3, 0.4) is 0 Å². The first-order valence-electron chi connectivity index (χ1n) is 4.00. The maximum absolute atomic E-state index is 10.9. The second-order valence-electron chi connectivity index (χ2n) is 3.04. The molecule has 11 heavy (non-hydrogen) atoms. The number of ether oxygens (including phenoxy) is 1. The van der Waals surface area contributed by atoms with Crippen LogP contribution in [-0.2, 0) is 9.53 Å². The molecule has 0 spiro atoms. The van der Waals surface area contributed by atoms with Gasteiger partial charge in [0.25, 0.3) is 0 Å². The molecular weight excluding hydrogens is 142 g/mol. The molecular formula is C8H17NO2. The van der Waals surface area contributed by atoms with Crippen molar-refractivity contribution in [3.05, 3.63) is 0 Å². The number of hydrogen-bond acceptors (Lipinski definition) is 3. The highest BCUT2D eigenvalue weighted by Crippen LogP contribution is 1.96. The summed E-state index contributed by atoms with van der Waals surface area (Å²) < 4.78 is 4.89. The van der Waals surface area contributed by atoms with Gasteiger partial charge in [0.1, 0.15) is 6.04 Å². The van der Waals surface area contributed by atoms with Gasteiger partial charge < -0.3 is 10.5 Å². The van der Waals surface area contributed by atoms with E-state index in [1.54, 1.807) is 0 Å². The van der Waals surface area contributed by atoms with Gasteiger partial charge in [-0.05, 0) is 12.3 Å². The van der Waals surface area contributed by atoms with Gasteiger partial charge in [-0.25, -0.2) is 0 Å². The van der Waals surface area contributed by atoms with Crippen molar-refractivity contribution < 1.29 is 9.53 Å². The monoisotopic (exact) mass is 159 g/mol. The molecule has 0 saturated carbocycles. The molecule has 0 amide bonds. The zero-order chi connectivity index (χ0) is 8.85. The van der Waals surface area contributed by atoms with Crippen molar-refractivity contribution in [1.29, 1.82) is 0 Å². The molecule has 1 unspecified atom stereocenters. The van der Waals surface area contributed by atoms with Crippen LogP contribution in [0.25, 0.3) is 0 Å². The van der Waals surface area contributed by atoms with Crippen molar-refractivity contribution >= 4 is 5.97 Å². The van der Waals surface area contributed by atoms with Crippen molar-refractivity contribution in [2.45, 2.75) is 33.2 Å². The van der Waals surface area contributed by atoms with Crippen molar-refractivity contribution in [1.82, 2.24) is 0 Å². The lowest BCUT2D eigenvalue weighted by Crippen LogP contribution is -2.32. The second kappa shape index (κ2) is 5.13. The summed E-state index contributed by atoms with van der Waals surface area (Å²) in [4.78, 5) is 10.9. The minimum absolute atomic E-state index is 0.291. The molecule has 0 aliphatic carbocycles. The molecule has 66 valence electrons. The van der Waals surface area contributed by atoms with Crippen molar-refractivity contribution in [2.75, 3.05) is 6.61 Å². The summed E-state index contributed by atoms with van der Waals surface area (Å²) in [6, 6.07) is -0.450. The molecule has 0 fully saturated rings. The summed E-state index contributed by atoms with van der Waals surface area (Å²) >= 11 is 0. The molecule has 2 N–H and O–H groups in total. The second-order valence-corrected chi connectivity index (χ2v) is 3.04. The fourth-order valence-electron chi connectivity index (χ4n) is 0.523. The molecule has 1 atom stereocenters. The first-order chi connectivity index (χ1) is 5.07. The minimum atomic E-state index is -0.450. The Morgan fingerprint density at radius 2 is 2.09 bits per heavy atom. The number of nitrogens with two attached hydrogens (primary N) is 1. The van der Waals surface area contributed by atoms with E-state index in [2.05, 4.69) is 0 Å². The summed E-state index contributed by atoms with van der Waals surface area (Å²) in [5.41, 5.74) is 5.43. The SMILES string of the molecule is CCC(N)C(=O)OCC(C)C. The zero-order valence-electron chi connectivity index (χ0n) is 7.46. The Morgan fingerprint density at radius 1 is 1.55 bits per heavy atom. The van der Waals surface area contributed by atoms with Gasteiger partial charge in [-0.15, -0.1) is 0 Å². The third-order valence-corrected chi connectivity index (χ3v) is 1.30. The summed E-state index contributed by atoms with van der Waals surface area (Å²) in [6.45, 7) is 6.31. The standard InChI is InChI=1S/C8H17NO2/c1-4-7(9)8(10)11-5-6(2)3/h6-7H,4-5,9H2,1-3H3. The van der Waals surface area contributed by atoms with Crippen LogP contribution in [0.1, 0.15) is 27.2 Å². The molecule has 0 heterocycles. The number of rotatable bonds is 4. The van der Waals surface area contributed by atoms with Crippen molar-refractivity contribution in [3.8, 4) is 0 Å². The Kier molecular flexibility index (Phi) is 4.86. The van der Waals surface area contributed by atoms with Gasteiger partial charge in [-0.2, -0.15) is 0 Å². The third-order valence-electron chi connectivity index (χ3n) is 1.30. The number of carbonyl (C=O) groups is 1. The molecule has 0 aromatic heterocycles. The van der Waals surface area contributed by atoms with E-state index < -0.39 is 6.04 Å². The lowest BCUT2D eigenvalue weighted by molar-refractivity contribution is -0.146. The summed E-state index contributed by atoms with van der Waals surface area (Å²) in [5.74, 6) is 0.0872. The highest BCUT2D eigenvalue weighted by Gasteiger charge is 2.12. The lowest BCUT2D eigenvalue weighted by Gasteiger charge is -2.10. The van der Waals surface area contributed by atoms with Crippen LogP contribution in [0.4, 0.5) is 0 Å². The van der Waals surface area contributed by atoms with E-state index in [1.165, 1.54) is 0 Å². The molecule has 0 aromatic rings. The Bertz CT molecular complexity index is 123. The van der Waals surface area contributed by atoms with E-state index in [0.717, 1.165) is 0 Å². The topological polar surface area (TPSA) is 52.3 Å². The zero-order valence-corrected chi connectivity index (χ0v) is 7.46. The molecule has 3 nitrogen and oxygen atoms in total. The molecule has 0 radical (unpaired) electrons. The van der Waals surface area contributed by atoms with Crippen LogP contribution < -0.4 is 5.73 Å². The first-order valence-corrected chi connectivity index (χ1v) is 4.00. The van der Waals surface area contributed by atoms with Gasteiger partial charge in [0.2, 0.25) is 0 Å². The van der Waals surface area contributed by atoms with E-state index in [9.17, 15) is 4.79 Å². The fraction of sp³-hybridized carbons (Fsp3) is 0.875. The summed E-state index contributed by atoms with van der Waals surface area (Å²) in [7, 11) is 0. The predicted molar refractivity (Wildman–Crippen MR) is 44.1 cm³/mol. The van der Waals surface area contributed by atoms with Crippen LogP contribution in [0.15, 0.2) is 0 Å². The molecule has 0 rings (SSSR count). The maximum atomic E-state index is 10.9. The predicted octanol–water partition coefficient (Wildman–Crippen LogP) is 0.923. The van der Waals surface area contributed by atoms with Crippen LogP contribution in [0.2, 0.25) is 0 Å². The first kappa shape index (κ1) is 10.4. The van der Waals surface area contributed by atoms with Gasteiger partial charge in [0.05, 0.1) is 6.61 Å². The van der Waals surface area contributed by atoms with Crippen LogP contribution in [0.5, 0.6) is 0 Å². The van der Waals surface area contributed by atoms with E-state index in [-0.39, 0.29) is 5.97 Å². The number of carbonyl (C=O) groups excluding carboxylic acids is 1. The smallest absolute Gasteiger partial charge is 0.322 e. The molecule has 0 aromatic carbocycles. The maximum Gasteiger partial charge on any atom is 0.322 e. The molecule has 0 aliphatic rings. The van der Waals surface area contributed by atoms with E-state index in [4.69, 9.17) is 10.5 Å². The summed E-state index contributed by atoms with van der Waals surface area (Å²) in [6.07, 6.45) is 0.636. The fourth-order valence-corrected chi connectivity index (χ4v) is 0.523. The Labute approximate surface area is 67.9 Å². The van der Waals surface area contributed by atoms with Crippen LogP contribution in [0, 0.1) is 5.92 Å². The van der Waals surface area contributed by atoms with E-state index in [1.807, 2.05) is 20.8 Å². The number of hydrogen-bond donors (Lipinski definition) is 1. The van der Waals surface area contributed by atoms with Crippen LogP contribution >= 0.6 is 0 Å². The molecule has 3 heteroatoms. The highest BCUT2D eigenvalue weighted by molar-refractivity contribution is 5.75. The van der Waals surface area contributed by atoms with Gasteiger partial charge >= 0.3 is 5.97 Å². The van der Waals surface area contributed by atoms with Crippen molar-refractivity contribution in [2.24, 2.45) is 11.7 Å². The van der Waals surface area contributed by atoms with Gasteiger partial charge in [-0.1, -0.05) is 20.8 Å². The minimum Gasteiger partial charge on any atom is -0.464 e. The third kappa shape index (κ3) is 4.79. The largest absolute Gasteiger partial charge is 0.464 e. The van der Waals surface area contributed by atoms with Crippen LogP contribution in [-0.4, -0.2) is 18.6 Å². The highest BCUT2D eigenvalue weighted by atomic mass is 16.5. The van der Waals surface area contributed by atoms with E-state index in [0.29, 0.717) is 18.9 Å². The average molecular weight is 159 g/mol. The quantitative estimate of drug-likeness (QED) is 0.621. The van der Waals surface area contributed by atoms with Gasteiger partial charge in [0, 0.05) is 0 Å². The normalized spacial score (nSPS) is 13.2. The van der Waals surface area contributed by atoms with Gasteiger partial charge in [0.15, 0.2) is 0 Å². The van der Waals surface area contributed by atoms with Crippen molar-refractivity contribution in [3.63, 3.8) is 0 Å². The lowest BCUT2D eigenvalue weighted by atomic mass is 10.2. The summed E-state index contributed by atoms with van der Waals surface area (Å²) in [5, 5.41) is 0. The number of esters is 1. The Morgan fingerprint density at radius 3 is 2.45 bits per heavy atom. The molecule has 0 bridgehead atoms.